The first-order chi connectivity index (χ1) is 10.1. The van der Waals surface area contributed by atoms with Crippen molar-refractivity contribution in [1.29, 1.82) is 0 Å². The second-order valence-electron chi connectivity index (χ2n) is 4.52. The fraction of sp³-hybridized carbons (Fsp3) is 0.0667. The first-order valence-corrected chi connectivity index (χ1v) is 6.21. The lowest BCUT2D eigenvalue weighted by Gasteiger charge is -1.98. The SMILES string of the molecule is Oc1ccc(Cc2noc(-c3ccc(O)cc3F)n2)cc1. The van der Waals surface area contributed by atoms with Crippen LogP contribution in [0.2, 0.25) is 0 Å². The summed E-state index contributed by atoms with van der Waals surface area (Å²) in [5.74, 6) is -0.155. The quantitative estimate of drug-likeness (QED) is 0.774. The minimum Gasteiger partial charge on any atom is -0.508 e. The summed E-state index contributed by atoms with van der Waals surface area (Å²) in [4.78, 5) is 4.13. The van der Waals surface area contributed by atoms with Crippen molar-refractivity contribution in [3.8, 4) is 23.0 Å². The molecule has 0 fully saturated rings. The summed E-state index contributed by atoms with van der Waals surface area (Å²) in [6, 6.07) is 10.3. The third-order valence-electron chi connectivity index (χ3n) is 2.95. The number of phenolic OH excluding ortho intramolecular Hbond substituents is 2. The lowest BCUT2D eigenvalue weighted by Crippen LogP contribution is -1.91. The number of halogens is 1. The van der Waals surface area contributed by atoms with Gasteiger partial charge in [-0.05, 0) is 29.8 Å². The van der Waals surface area contributed by atoms with Crippen molar-refractivity contribution >= 4 is 0 Å². The van der Waals surface area contributed by atoms with E-state index >= 15 is 0 Å². The highest BCUT2D eigenvalue weighted by Gasteiger charge is 2.14. The van der Waals surface area contributed by atoms with Crippen LogP contribution in [0.25, 0.3) is 11.5 Å². The van der Waals surface area contributed by atoms with E-state index in [0.29, 0.717) is 12.2 Å². The monoisotopic (exact) mass is 286 g/mol. The standard InChI is InChI=1S/C15H11FN2O3/c16-13-8-11(20)5-6-12(13)15-17-14(18-21-15)7-9-1-3-10(19)4-2-9/h1-6,8,19-20H,7H2. The molecule has 1 heterocycles. The number of aromatic hydroxyl groups is 2. The summed E-state index contributed by atoms with van der Waals surface area (Å²) >= 11 is 0. The van der Waals surface area contributed by atoms with Crippen LogP contribution in [0.4, 0.5) is 4.39 Å². The van der Waals surface area contributed by atoms with Gasteiger partial charge in [-0.15, -0.1) is 0 Å². The first-order valence-electron chi connectivity index (χ1n) is 6.21. The molecule has 0 unspecified atom stereocenters. The van der Waals surface area contributed by atoms with Crippen molar-refractivity contribution in [1.82, 2.24) is 10.1 Å². The van der Waals surface area contributed by atoms with E-state index in [1.54, 1.807) is 24.3 Å². The molecule has 0 amide bonds. The van der Waals surface area contributed by atoms with Gasteiger partial charge in [0.2, 0.25) is 0 Å². The summed E-state index contributed by atoms with van der Waals surface area (Å²) in [7, 11) is 0. The van der Waals surface area contributed by atoms with Gasteiger partial charge in [-0.25, -0.2) is 4.39 Å². The number of hydrogen-bond acceptors (Lipinski definition) is 5. The molecular weight excluding hydrogens is 275 g/mol. The topological polar surface area (TPSA) is 79.4 Å². The van der Waals surface area contributed by atoms with Crippen molar-refractivity contribution in [2.75, 3.05) is 0 Å². The first kappa shape index (κ1) is 13.1. The number of rotatable bonds is 3. The Bertz CT molecular complexity index is 769. The lowest BCUT2D eigenvalue weighted by molar-refractivity contribution is 0.421. The molecule has 5 nitrogen and oxygen atoms in total. The predicted octanol–water partition coefficient (Wildman–Crippen LogP) is 2.88. The summed E-state index contributed by atoms with van der Waals surface area (Å²) in [5.41, 5.74) is 1.03. The van der Waals surface area contributed by atoms with Crippen LogP contribution in [0.1, 0.15) is 11.4 Å². The van der Waals surface area contributed by atoms with Gasteiger partial charge in [0.25, 0.3) is 5.89 Å². The Hall–Kier alpha value is -2.89. The summed E-state index contributed by atoms with van der Waals surface area (Å²) in [6.45, 7) is 0. The Morgan fingerprint density at radius 2 is 1.71 bits per heavy atom. The Labute approximate surface area is 119 Å². The molecule has 0 bridgehead atoms. The number of phenols is 2. The van der Waals surface area contributed by atoms with Gasteiger partial charge in [0.1, 0.15) is 17.3 Å². The van der Waals surface area contributed by atoms with Gasteiger partial charge in [0.05, 0.1) is 5.56 Å². The molecule has 2 N–H and O–H groups in total. The van der Waals surface area contributed by atoms with Gasteiger partial charge in [0, 0.05) is 12.5 Å². The van der Waals surface area contributed by atoms with Gasteiger partial charge in [-0.1, -0.05) is 17.3 Å². The van der Waals surface area contributed by atoms with Crippen molar-refractivity contribution in [3.63, 3.8) is 0 Å². The maximum Gasteiger partial charge on any atom is 0.260 e. The smallest absolute Gasteiger partial charge is 0.260 e. The van der Waals surface area contributed by atoms with Crippen LogP contribution in [0.3, 0.4) is 0 Å². The fourth-order valence-electron chi connectivity index (χ4n) is 1.91. The van der Waals surface area contributed by atoms with Gasteiger partial charge >= 0.3 is 0 Å². The zero-order valence-corrected chi connectivity index (χ0v) is 10.8. The molecule has 6 heteroatoms. The van der Waals surface area contributed by atoms with Gasteiger partial charge in [-0.2, -0.15) is 4.98 Å². The highest BCUT2D eigenvalue weighted by atomic mass is 19.1. The minimum atomic E-state index is -0.630. The van der Waals surface area contributed by atoms with Crippen LogP contribution >= 0.6 is 0 Å². The molecule has 106 valence electrons. The highest BCUT2D eigenvalue weighted by molar-refractivity contribution is 5.55. The zero-order chi connectivity index (χ0) is 14.8. The Kier molecular flexibility index (Phi) is 3.27. The van der Waals surface area contributed by atoms with Crippen LogP contribution in [0.15, 0.2) is 47.0 Å². The van der Waals surface area contributed by atoms with Gasteiger partial charge in [0.15, 0.2) is 5.82 Å². The van der Waals surface area contributed by atoms with E-state index in [2.05, 4.69) is 10.1 Å². The number of benzene rings is 2. The van der Waals surface area contributed by atoms with Crippen molar-refractivity contribution in [3.05, 3.63) is 59.7 Å². The molecule has 0 aliphatic carbocycles. The maximum atomic E-state index is 13.7. The molecule has 0 atom stereocenters. The molecular formula is C15H11FN2O3. The maximum absolute atomic E-state index is 13.7. The van der Waals surface area contributed by atoms with Crippen LogP contribution in [0.5, 0.6) is 11.5 Å². The zero-order valence-electron chi connectivity index (χ0n) is 10.8. The molecule has 0 aliphatic rings. The minimum absolute atomic E-state index is 0.0567. The number of aromatic nitrogens is 2. The van der Waals surface area contributed by atoms with Crippen LogP contribution in [-0.4, -0.2) is 20.4 Å². The van der Waals surface area contributed by atoms with Gasteiger partial charge in [-0.3, -0.25) is 0 Å². The van der Waals surface area contributed by atoms with E-state index in [-0.39, 0.29) is 23.0 Å². The highest BCUT2D eigenvalue weighted by Crippen LogP contribution is 2.24. The predicted molar refractivity (Wildman–Crippen MR) is 72.3 cm³/mol. The van der Waals surface area contributed by atoms with E-state index < -0.39 is 5.82 Å². The largest absolute Gasteiger partial charge is 0.508 e. The fourth-order valence-corrected chi connectivity index (χ4v) is 1.91. The van der Waals surface area contributed by atoms with Crippen molar-refractivity contribution in [2.45, 2.75) is 6.42 Å². The number of hydrogen-bond donors (Lipinski definition) is 2. The van der Waals surface area contributed by atoms with Crippen molar-refractivity contribution in [2.24, 2.45) is 0 Å². The van der Waals surface area contributed by atoms with Gasteiger partial charge < -0.3 is 14.7 Å². The van der Waals surface area contributed by atoms with Crippen LogP contribution < -0.4 is 0 Å². The molecule has 0 spiro atoms. The normalized spacial score (nSPS) is 10.7. The summed E-state index contributed by atoms with van der Waals surface area (Å²) in [6.07, 6.45) is 0.406. The number of nitrogens with zero attached hydrogens (tertiary/aromatic N) is 2. The summed E-state index contributed by atoms with van der Waals surface area (Å²) < 4.78 is 18.7. The molecule has 0 aliphatic heterocycles. The Morgan fingerprint density at radius 1 is 1.00 bits per heavy atom. The van der Waals surface area contributed by atoms with E-state index in [1.807, 2.05) is 0 Å². The second kappa shape index (κ2) is 5.24. The van der Waals surface area contributed by atoms with Crippen LogP contribution in [0, 0.1) is 5.82 Å². The average molecular weight is 286 g/mol. The molecule has 21 heavy (non-hydrogen) atoms. The third kappa shape index (κ3) is 2.84. The third-order valence-corrected chi connectivity index (χ3v) is 2.95. The lowest BCUT2D eigenvalue weighted by atomic mass is 10.1. The van der Waals surface area contributed by atoms with E-state index in [1.165, 1.54) is 12.1 Å². The molecule has 3 rings (SSSR count). The molecule has 1 aromatic heterocycles. The van der Waals surface area contributed by atoms with Crippen molar-refractivity contribution < 1.29 is 19.1 Å². The Balaban J connectivity index is 1.84. The van der Waals surface area contributed by atoms with E-state index in [9.17, 15) is 14.6 Å². The molecule has 3 aromatic rings. The summed E-state index contributed by atoms with van der Waals surface area (Å²) in [5, 5.41) is 22.2. The molecule has 0 radical (unpaired) electrons. The second-order valence-corrected chi connectivity index (χ2v) is 4.52. The molecule has 0 saturated heterocycles. The van der Waals surface area contributed by atoms with E-state index in [0.717, 1.165) is 11.6 Å². The molecule has 2 aromatic carbocycles. The van der Waals surface area contributed by atoms with Crippen LogP contribution in [-0.2, 0) is 6.42 Å². The average Bonchev–Trinajstić information content (AvgIpc) is 2.90. The Morgan fingerprint density at radius 3 is 2.43 bits per heavy atom. The molecule has 0 saturated carbocycles. The van der Waals surface area contributed by atoms with E-state index in [4.69, 9.17) is 4.52 Å².